The molecule has 9 heteroatoms. The molecule has 0 radical (unpaired) electrons. The van der Waals surface area contributed by atoms with E-state index in [-0.39, 0.29) is 43.2 Å². The highest BCUT2D eigenvalue weighted by atomic mass is 35.5. The number of halogens is 1. The molecule has 1 amide bonds. The second-order valence-electron chi connectivity index (χ2n) is 8.07. The number of rotatable bonds is 5. The Hall–Kier alpha value is -2.13. The number of amides is 1. The summed E-state index contributed by atoms with van der Waals surface area (Å²) in [4.78, 5) is 12.5. The fraction of sp³-hybridized carbons (Fsp3) is 0.409. The molecule has 31 heavy (non-hydrogen) atoms. The second-order valence-corrected chi connectivity index (χ2v) is 10.0. The van der Waals surface area contributed by atoms with E-state index < -0.39 is 21.8 Å². The third-order valence-corrected chi connectivity index (χ3v) is 7.26. The Balaban J connectivity index is 0.00000341. The van der Waals surface area contributed by atoms with E-state index in [2.05, 4.69) is 19.2 Å². The average molecular weight is 468 g/mol. The fourth-order valence-corrected chi connectivity index (χ4v) is 4.79. The van der Waals surface area contributed by atoms with Crippen LogP contribution >= 0.6 is 12.4 Å². The summed E-state index contributed by atoms with van der Waals surface area (Å²) in [7, 11) is -3.60. The van der Waals surface area contributed by atoms with Gasteiger partial charge in [-0.05, 0) is 42.7 Å². The Bertz CT molecular complexity index is 984. The molecule has 0 unspecified atom stereocenters. The smallest absolute Gasteiger partial charge is 0.413 e. The molecule has 3 rings (SSSR count). The number of ether oxygens (including phenoxy) is 1. The molecule has 170 valence electrons. The van der Waals surface area contributed by atoms with Crippen LogP contribution in [0.15, 0.2) is 53.4 Å². The Kier molecular flexibility index (Phi) is 8.10. The Labute approximate surface area is 190 Å². The highest BCUT2D eigenvalue weighted by molar-refractivity contribution is 7.89. The number of benzene rings is 2. The summed E-state index contributed by atoms with van der Waals surface area (Å²) >= 11 is 0. The molecule has 0 bridgehead atoms. The van der Waals surface area contributed by atoms with Crippen molar-refractivity contribution in [3.8, 4) is 0 Å². The highest BCUT2D eigenvalue weighted by Gasteiger charge is 2.38. The normalized spacial score (nSPS) is 16.4. The molecule has 1 saturated heterocycles. The van der Waals surface area contributed by atoms with Gasteiger partial charge in [0.25, 0.3) is 0 Å². The third kappa shape index (κ3) is 6.20. The minimum atomic E-state index is -3.60. The van der Waals surface area contributed by atoms with Crippen LogP contribution in [0.3, 0.4) is 0 Å². The first-order chi connectivity index (χ1) is 14.1. The van der Waals surface area contributed by atoms with Crippen LogP contribution < -0.4 is 11.1 Å². The van der Waals surface area contributed by atoms with E-state index in [9.17, 15) is 13.2 Å². The van der Waals surface area contributed by atoms with Gasteiger partial charge in [0.2, 0.25) is 10.0 Å². The summed E-state index contributed by atoms with van der Waals surface area (Å²) in [5.74, 6) is 0.402. The molecule has 0 spiro atoms. The Morgan fingerprint density at radius 3 is 2.13 bits per heavy atom. The van der Waals surface area contributed by atoms with Crippen LogP contribution in [0.4, 0.5) is 10.5 Å². The van der Waals surface area contributed by atoms with E-state index in [4.69, 9.17) is 10.5 Å². The van der Waals surface area contributed by atoms with Crippen LogP contribution in [-0.4, -0.2) is 37.6 Å². The van der Waals surface area contributed by atoms with Crippen LogP contribution in [0, 0.1) is 6.92 Å². The Morgan fingerprint density at radius 1 is 1.06 bits per heavy atom. The van der Waals surface area contributed by atoms with Crippen molar-refractivity contribution in [2.75, 3.05) is 18.4 Å². The van der Waals surface area contributed by atoms with Gasteiger partial charge in [-0.2, -0.15) is 4.31 Å². The second kappa shape index (κ2) is 9.99. The summed E-state index contributed by atoms with van der Waals surface area (Å²) in [5, 5.41) is 2.68. The zero-order valence-corrected chi connectivity index (χ0v) is 19.6. The van der Waals surface area contributed by atoms with Crippen molar-refractivity contribution >= 4 is 34.2 Å². The molecule has 7 nitrogen and oxygen atoms in total. The van der Waals surface area contributed by atoms with Crippen molar-refractivity contribution in [2.45, 2.75) is 50.2 Å². The number of nitrogens with one attached hydrogen (secondary N) is 1. The summed E-state index contributed by atoms with van der Waals surface area (Å²) < 4.78 is 32.5. The van der Waals surface area contributed by atoms with E-state index >= 15 is 0 Å². The zero-order valence-electron chi connectivity index (χ0n) is 18.0. The lowest BCUT2D eigenvalue weighted by Gasteiger charge is -2.37. The standard InChI is InChI=1S/C22H29N3O4S.ClH/c1-16(2)18-6-8-19(9-7-18)24-21(26)29-22(23)12-14-25(15-13-22)30(27,28)20-10-4-17(3)5-11-20;/h4-11,16H,12-15,23H2,1-3H3,(H,24,26);1H. The highest BCUT2D eigenvalue weighted by Crippen LogP contribution is 2.27. The van der Waals surface area contributed by atoms with Gasteiger partial charge >= 0.3 is 6.09 Å². The average Bonchev–Trinajstić information content (AvgIpc) is 2.68. The van der Waals surface area contributed by atoms with Gasteiger partial charge in [0.1, 0.15) is 0 Å². The van der Waals surface area contributed by atoms with E-state index in [0.717, 1.165) is 5.56 Å². The molecule has 2 aromatic carbocycles. The van der Waals surface area contributed by atoms with E-state index in [0.29, 0.717) is 11.6 Å². The minimum Gasteiger partial charge on any atom is -0.428 e. The fourth-order valence-electron chi connectivity index (χ4n) is 3.35. The molecular formula is C22H30ClN3O4S. The maximum atomic E-state index is 12.8. The lowest BCUT2D eigenvalue weighted by atomic mass is 10.0. The lowest BCUT2D eigenvalue weighted by Crippen LogP contribution is -2.54. The third-order valence-electron chi connectivity index (χ3n) is 5.35. The van der Waals surface area contributed by atoms with E-state index in [1.807, 2.05) is 31.2 Å². The van der Waals surface area contributed by atoms with Gasteiger partial charge in [-0.1, -0.05) is 43.7 Å². The molecule has 0 aliphatic carbocycles. The Morgan fingerprint density at radius 2 is 1.61 bits per heavy atom. The zero-order chi connectivity index (χ0) is 21.9. The first-order valence-corrected chi connectivity index (χ1v) is 11.5. The number of carbonyl (C=O) groups is 1. The molecule has 1 aliphatic heterocycles. The van der Waals surface area contributed by atoms with Crippen LogP contribution in [0.2, 0.25) is 0 Å². The van der Waals surface area contributed by atoms with Crippen LogP contribution in [-0.2, 0) is 14.8 Å². The molecule has 0 atom stereocenters. The molecule has 0 aromatic heterocycles. The molecule has 1 fully saturated rings. The van der Waals surface area contributed by atoms with Crippen LogP contribution in [0.5, 0.6) is 0 Å². The molecule has 1 aliphatic rings. The number of nitrogens with zero attached hydrogens (tertiary/aromatic N) is 1. The van der Waals surface area contributed by atoms with Crippen LogP contribution in [0.1, 0.15) is 43.7 Å². The van der Waals surface area contributed by atoms with Crippen molar-refractivity contribution in [3.63, 3.8) is 0 Å². The first-order valence-electron chi connectivity index (χ1n) is 10.0. The number of piperidine rings is 1. The molecule has 3 N–H and O–H groups in total. The summed E-state index contributed by atoms with van der Waals surface area (Å²) in [6.45, 7) is 6.47. The summed E-state index contributed by atoms with van der Waals surface area (Å²) in [6.07, 6.45) is -0.208. The largest absolute Gasteiger partial charge is 0.428 e. The predicted octanol–water partition coefficient (Wildman–Crippen LogP) is 4.23. The van der Waals surface area contributed by atoms with Gasteiger partial charge < -0.3 is 4.74 Å². The van der Waals surface area contributed by atoms with Crippen molar-refractivity contribution in [2.24, 2.45) is 5.73 Å². The van der Waals surface area contributed by atoms with E-state index in [1.54, 1.807) is 24.3 Å². The number of aryl methyl sites for hydroxylation is 1. The van der Waals surface area contributed by atoms with Crippen LogP contribution in [0.25, 0.3) is 0 Å². The monoisotopic (exact) mass is 467 g/mol. The van der Waals surface area contributed by atoms with Gasteiger partial charge in [-0.15, -0.1) is 12.4 Å². The number of sulfonamides is 1. The van der Waals surface area contributed by atoms with Gasteiger partial charge in [0.05, 0.1) is 4.90 Å². The number of nitrogens with two attached hydrogens (primary N) is 1. The van der Waals surface area contributed by atoms with Gasteiger partial charge in [-0.3, -0.25) is 11.1 Å². The molecule has 0 saturated carbocycles. The predicted molar refractivity (Wildman–Crippen MR) is 124 cm³/mol. The van der Waals surface area contributed by atoms with Gasteiger partial charge in [0.15, 0.2) is 5.72 Å². The summed E-state index contributed by atoms with van der Waals surface area (Å²) in [5.41, 5.74) is 7.81. The quantitative estimate of drug-likeness (QED) is 0.640. The van der Waals surface area contributed by atoms with Crippen molar-refractivity contribution in [3.05, 3.63) is 59.7 Å². The van der Waals surface area contributed by atoms with Crippen molar-refractivity contribution < 1.29 is 17.9 Å². The SMILES string of the molecule is Cc1ccc(S(=O)(=O)N2CCC(N)(OC(=O)Nc3ccc(C(C)C)cc3)CC2)cc1.Cl. The van der Waals surface area contributed by atoms with Crippen molar-refractivity contribution in [1.82, 2.24) is 4.31 Å². The number of hydrogen-bond donors (Lipinski definition) is 2. The van der Waals surface area contributed by atoms with E-state index in [1.165, 1.54) is 9.87 Å². The lowest BCUT2D eigenvalue weighted by molar-refractivity contribution is -0.0116. The van der Waals surface area contributed by atoms with Gasteiger partial charge in [0, 0.05) is 31.6 Å². The van der Waals surface area contributed by atoms with Crippen molar-refractivity contribution in [1.29, 1.82) is 0 Å². The minimum absolute atomic E-state index is 0. The topological polar surface area (TPSA) is 102 Å². The molecule has 1 heterocycles. The molecule has 2 aromatic rings. The number of anilines is 1. The maximum absolute atomic E-state index is 12.8. The number of carbonyl (C=O) groups excluding carboxylic acids is 1. The van der Waals surface area contributed by atoms with Gasteiger partial charge in [-0.25, -0.2) is 13.2 Å². The molecular weight excluding hydrogens is 438 g/mol. The first kappa shape index (κ1) is 25.1. The maximum Gasteiger partial charge on any atom is 0.413 e. The summed E-state index contributed by atoms with van der Waals surface area (Å²) in [6, 6.07) is 14.3. The number of hydrogen-bond acceptors (Lipinski definition) is 5.